The Balaban J connectivity index is 1.86. The van der Waals surface area contributed by atoms with E-state index in [9.17, 15) is 0 Å². The largest absolute Gasteiger partial charge is 0.314 e. The molecule has 0 amide bonds. The molecule has 1 aliphatic carbocycles. The summed E-state index contributed by atoms with van der Waals surface area (Å²) in [6.45, 7) is 9.73. The Morgan fingerprint density at radius 2 is 2.00 bits per heavy atom. The molecule has 1 heterocycles. The zero-order valence-corrected chi connectivity index (χ0v) is 10.3. The van der Waals surface area contributed by atoms with Crippen LogP contribution in [0.15, 0.2) is 0 Å². The zero-order valence-electron chi connectivity index (χ0n) is 10.3. The van der Waals surface area contributed by atoms with Crippen LogP contribution in [0.3, 0.4) is 0 Å². The predicted octanol–water partition coefficient (Wildman–Crippen LogP) is 2.11. The van der Waals surface area contributed by atoms with E-state index in [1.54, 1.807) is 0 Å². The smallest absolute Gasteiger partial charge is 0.0249 e. The summed E-state index contributed by atoms with van der Waals surface area (Å²) in [6.07, 6.45) is 5.65. The molecule has 0 radical (unpaired) electrons. The van der Waals surface area contributed by atoms with Gasteiger partial charge in [0.15, 0.2) is 0 Å². The van der Waals surface area contributed by atoms with E-state index >= 15 is 0 Å². The molecule has 0 aromatic rings. The average Bonchev–Trinajstić information content (AvgIpc) is 3.10. The van der Waals surface area contributed by atoms with Crippen molar-refractivity contribution in [3.05, 3.63) is 0 Å². The maximum Gasteiger partial charge on any atom is 0.0249 e. The first kappa shape index (κ1) is 11.4. The average molecular weight is 210 g/mol. The van der Waals surface area contributed by atoms with E-state index in [0.29, 0.717) is 0 Å². The van der Waals surface area contributed by atoms with Gasteiger partial charge in [-0.05, 0) is 24.7 Å². The Morgan fingerprint density at radius 1 is 1.27 bits per heavy atom. The van der Waals surface area contributed by atoms with Crippen LogP contribution in [-0.4, -0.2) is 37.1 Å². The van der Waals surface area contributed by atoms with Crippen LogP contribution < -0.4 is 5.32 Å². The molecule has 2 nitrogen and oxygen atoms in total. The van der Waals surface area contributed by atoms with Gasteiger partial charge in [0.1, 0.15) is 0 Å². The zero-order chi connectivity index (χ0) is 10.7. The van der Waals surface area contributed by atoms with Crippen molar-refractivity contribution in [3.63, 3.8) is 0 Å². The highest BCUT2D eigenvalue weighted by Crippen LogP contribution is 2.36. The van der Waals surface area contributed by atoms with Crippen molar-refractivity contribution in [2.45, 2.75) is 45.6 Å². The van der Waals surface area contributed by atoms with Crippen LogP contribution in [0.5, 0.6) is 0 Å². The van der Waals surface area contributed by atoms with Gasteiger partial charge in [0.2, 0.25) is 0 Å². The Morgan fingerprint density at radius 3 is 2.60 bits per heavy atom. The monoisotopic (exact) mass is 210 g/mol. The van der Waals surface area contributed by atoms with Gasteiger partial charge in [-0.3, -0.25) is 4.90 Å². The number of piperazine rings is 1. The molecule has 1 aliphatic heterocycles. The maximum atomic E-state index is 3.55. The number of hydrogen-bond donors (Lipinski definition) is 1. The lowest BCUT2D eigenvalue weighted by Gasteiger charge is -2.38. The van der Waals surface area contributed by atoms with Crippen molar-refractivity contribution in [3.8, 4) is 0 Å². The van der Waals surface area contributed by atoms with Crippen LogP contribution in [0.25, 0.3) is 0 Å². The van der Waals surface area contributed by atoms with Gasteiger partial charge < -0.3 is 5.32 Å². The minimum Gasteiger partial charge on any atom is -0.314 e. The first-order chi connectivity index (χ1) is 7.35. The molecule has 2 heteroatoms. The van der Waals surface area contributed by atoms with Crippen LogP contribution in [0.1, 0.15) is 39.5 Å². The van der Waals surface area contributed by atoms with E-state index in [2.05, 4.69) is 24.1 Å². The second-order valence-electron chi connectivity index (χ2n) is 5.29. The molecule has 0 aromatic carbocycles. The molecule has 0 aromatic heterocycles. The molecule has 1 atom stereocenters. The van der Waals surface area contributed by atoms with E-state index in [1.165, 1.54) is 51.9 Å². The van der Waals surface area contributed by atoms with Crippen molar-refractivity contribution in [2.75, 3.05) is 26.2 Å². The van der Waals surface area contributed by atoms with Gasteiger partial charge in [-0.25, -0.2) is 0 Å². The lowest BCUT2D eigenvalue weighted by Crippen LogP contribution is -2.53. The first-order valence-corrected chi connectivity index (χ1v) is 6.79. The molecule has 2 aliphatic rings. The van der Waals surface area contributed by atoms with Crippen molar-refractivity contribution in [1.82, 2.24) is 10.2 Å². The van der Waals surface area contributed by atoms with Crippen LogP contribution >= 0.6 is 0 Å². The molecule has 1 unspecified atom stereocenters. The fourth-order valence-electron chi connectivity index (χ4n) is 2.82. The summed E-state index contributed by atoms with van der Waals surface area (Å²) < 4.78 is 0. The van der Waals surface area contributed by atoms with Crippen molar-refractivity contribution in [2.24, 2.45) is 11.8 Å². The Kier molecular flexibility index (Phi) is 4.04. The molecule has 1 saturated carbocycles. The Labute approximate surface area is 94.4 Å². The number of hydrogen-bond acceptors (Lipinski definition) is 2. The van der Waals surface area contributed by atoms with E-state index in [1.807, 2.05) is 0 Å². The maximum absolute atomic E-state index is 3.55. The molecule has 0 spiro atoms. The van der Waals surface area contributed by atoms with Gasteiger partial charge in [-0.15, -0.1) is 0 Å². The molecular weight excluding hydrogens is 184 g/mol. The lowest BCUT2D eigenvalue weighted by molar-refractivity contribution is 0.119. The standard InChI is InChI=1S/C13H26N2/c1-3-11(4-2)10-15-8-7-14-9-13(15)12-5-6-12/h11-14H,3-10H2,1-2H3. The van der Waals surface area contributed by atoms with Crippen LogP contribution in [0.4, 0.5) is 0 Å². The fourth-order valence-corrected chi connectivity index (χ4v) is 2.82. The molecule has 1 N–H and O–H groups in total. The SMILES string of the molecule is CCC(CC)CN1CCNCC1C1CC1. The van der Waals surface area contributed by atoms with Crippen molar-refractivity contribution in [1.29, 1.82) is 0 Å². The van der Waals surface area contributed by atoms with Crippen molar-refractivity contribution < 1.29 is 0 Å². The van der Waals surface area contributed by atoms with Crippen LogP contribution in [0, 0.1) is 11.8 Å². The minimum atomic E-state index is 0.861. The fraction of sp³-hybridized carbons (Fsp3) is 1.00. The summed E-state index contributed by atoms with van der Waals surface area (Å²) in [5.74, 6) is 1.94. The van der Waals surface area contributed by atoms with Crippen molar-refractivity contribution >= 4 is 0 Å². The normalized spacial score (nSPS) is 28.6. The van der Waals surface area contributed by atoms with Gasteiger partial charge in [0, 0.05) is 32.2 Å². The molecule has 88 valence electrons. The third kappa shape index (κ3) is 2.94. The number of nitrogens with zero attached hydrogens (tertiary/aromatic N) is 1. The Bertz CT molecular complexity index is 185. The molecule has 15 heavy (non-hydrogen) atoms. The van der Waals surface area contributed by atoms with E-state index in [4.69, 9.17) is 0 Å². The van der Waals surface area contributed by atoms with Gasteiger partial charge in [0.25, 0.3) is 0 Å². The summed E-state index contributed by atoms with van der Waals surface area (Å²) in [4.78, 5) is 2.77. The third-order valence-electron chi connectivity index (χ3n) is 4.21. The van der Waals surface area contributed by atoms with E-state index in [0.717, 1.165) is 17.9 Å². The van der Waals surface area contributed by atoms with E-state index < -0.39 is 0 Å². The topological polar surface area (TPSA) is 15.3 Å². The summed E-state index contributed by atoms with van der Waals surface area (Å²) >= 11 is 0. The second-order valence-corrected chi connectivity index (χ2v) is 5.29. The molecule has 1 saturated heterocycles. The van der Waals surface area contributed by atoms with Gasteiger partial charge in [-0.2, -0.15) is 0 Å². The van der Waals surface area contributed by atoms with Gasteiger partial charge in [0.05, 0.1) is 0 Å². The highest BCUT2D eigenvalue weighted by atomic mass is 15.2. The predicted molar refractivity (Wildman–Crippen MR) is 65.0 cm³/mol. The van der Waals surface area contributed by atoms with Crippen LogP contribution in [0.2, 0.25) is 0 Å². The molecule has 2 fully saturated rings. The lowest BCUT2D eigenvalue weighted by atomic mass is 10.00. The van der Waals surface area contributed by atoms with Gasteiger partial charge >= 0.3 is 0 Å². The second kappa shape index (κ2) is 5.31. The summed E-state index contributed by atoms with van der Waals surface area (Å²) in [5.41, 5.74) is 0. The van der Waals surface area contributed by atoms with Gasteiger partial charge in [-0.1, -0.05) is 26.7 Å². The van der Waals surface area contributed by atoms with Crippen LogP contribution in [-0.2, 0) is 0 Å². The third-order valence-corrected chi connectivity index (χ3v) is 4.21. The number of rotatable bonds is 5. The minimum absolute atomic E-state index is 0.861. The molecular formula is C13H26N2. The highest BCUT2D eigenvalue weighted by Gasteiger charge is 2.36. The Hall–Kier alpha value is -0.0800. The van der Waals surface area contributed by atoms with E-state index in [-0.39, 0.29) is 0 Å². The first-order valence-electron chi connectivity index (χ1n) is 6.79. The molecule has 0 bridgehead atoms. The summed E-state index contributed by atoms with van der Waals surface area (Å²) in [6, 6.07) is 0.861. The number of nitrogens with one attached hydrogen (secondary N) is 1. The molecule has 2 rings (SSSR count). The summed E-state index contributed by atoms with van der Waals surface area (Å²) in [7, 11) is 0. The summed E-state index contributed by atoms with van der Waals surface area (Å²) in [5, 5.41) is 3.55. The quantitative estimate of drug-likeness (QED) is 0.747. The highest BCUT2D eigenvalue weighted by molar-refractivity contribution is 4.92.